The molecule has 2 aromatic heterocycles. The number of ether oxygens (including phenoxy) is 1. The van der Waals surface area contributed by atoms with Crippen molar-refractivity contribution in [2.75, 3.05) is 18.5 Å². The molecule has 0 bridgehead atoms. The van der Waals surface area contributed by atoms with Crippen molar-refractivity contribution in [3.8, 4) is 5.95 Å². The standard InChI is InChI=1S/C18H22N6O4/c1-10-8-14(21-17(27)16(26)19-9-11-4-3-7-28-11)24(23-10)18-20-13-6-2-5-12(13)15(25)22-18/h8,11H,2-7,9H2,1H3,(H,19,26)(H,21,27)(H,20,22,25)/t11-/m0/s1. The van der Waals surface area contributed by atoms with Gasteiger partial charge in [-0.2, -0.15) is 9.78 Å². The molecular weight excluding hydrogens is 364 g/mol. The van der Waals surface area contributed by atoms with E-state index < -0.39 is 11.8 Å². The van der Waals surface area contributed by atoms with Crippen molar-refractivity contribution in [1.82, 2.24) is 25.1 Å². The molecule has 10 heteroatoms. The van der Waals surface area contributed by atoms with Gasteiger partial charge in [0.15, 0.2) is 0 Å². The minimum atomic E-state index is -0.817. The van der Waals surface area contributed by atoms with Crippen LogP contribution in [0.1, 0.15) is 36.2 Å². The molecule has 0 aromatic carbocycles. The Morgan fingerprint density at radius 1 is 1.32 bits per heavy atom. The Balaban J connectivity index is 1.50. The van der Waals surface area contributed by atoms with Crippen molar-refractivity contribution in [2.24, 2.45) is 0 Å². The Morgan fingerprint density at radius 2 is 2.18 bits per heavy atom. The summed E-state index contributed by atoms with van der Waals surface area (Å²) in [5.41, 5.74) is 1.86. The molecule has 3 N–H and O–H groups in total. The third-order valence-corrected chi connectivity index (χ3v) is 4.92. The summed E-state index contributed by atoms with van der Waals surface area (Å²) in [4.78, 5) is 43.8. The summed E-state index contributed by atoms with van der Waals surface area (Å²) in [5, 5.41) is 9.40. The topological polar surface area (TPSA) is 131 Å². The predicted octanol–water partition coefficient (Wildman–Crippen LogP) is -0.0136. The second-order valence-corrected chi connectivity index (χ2v) is 7.05. The van der Waals surface area contributed by atoms with Gasteiger partial charge in [-0.1, -0.05) is 0 Å². The van der Waals surface area contributed by atoms with Gasteiger partial charge in [0.05, 0.1) is 17.5 Å². The van der Waals surface area contributed by atoms with Gasteiger partial charge in [0, 0.05) is 24.8 Å². The largest absolute Gasteiger partial charge is 0.376 e. The summed E-state index contributed by atoms with van der Waals surface area (Å²) in [6.07, 6.45) is 4.11. The van der Waals surface area contributed by atoms with Crippen LogP contribution in [0.2, 0.25) is 0 Å². The van der Waals surface area contributed by atoms with Gasteiger partial charge in [-0.15, -0.1) is 0 Å². The van der Waals surface area contributed by atoms with E-state index in [9.17, 15) is 14.4 Å². The van der Waals surface area contributed by atoms with Crippen LogP contribution in [0.5, 0.6) is 0 Å². The number of rotatable bonds is 4. The normalized spacial score (nSPS) is 18.1. The summed E-state index contributed by atoms with van der Waals surface area (Å²) in [7, 11) is 0. The first-order valence-electron chi connectivity index (χ1n) is 9.41. The minimum Gasteiger partial charge on any atom is -0.376 e. The lowest BCUT2D eigenvalue weighted by atomic mass is 10.2. The van der Waals surface area contributed by atoms with E-state index >= 15 is 0 Å². The van der Waals surface area contributed by atoms with Crippen LogP contribution in [0.4, 0.5) is 5.82 Å². The van der Waals surface area contributed by atoms with Crippen LogP contribution in [0.3, 0.4) is 0 Å². The maximum absolute atomic E-state index is 12.3. The van der Waals surface area contributed by atoms with Gasteiger partial charge < -0.3 is 15.4 Å². The number of nitrogens with zero attached hydrogens (tertiary/aromatic N) is 3. The van der Waals surface area contributed by atoms with E-state index in [1.807, 2.05) is 0 Å². The summed E-state index contributed by atoms with van der Waals surface area (Å²) in [6.45, 7) is 2.72. The molecule has 0 spiro atoms. The zero-order valence-electron chi connectivity index (χ0n) is 15.6. The molecule has 4 rings (SSSR count). The smallest absolute Gasteiger partial charge is 0.314 e. The van der Waals surface area contributed by atoms with E-state index in [1.165, 1.54) is 4.68 Å². The molecule has 1 aliphatic carbocycles. The molecular formula is C18H22N6O4. The third-order valence-electron chi connectivity index (χ3n) is 4.92. The van der Waals surface area contributed by atoms with Crippen molar-refractivity contribution in [3.63, 3.8) is 0 Å². The molecule has 2 aromatic rings. The minimum absolute atomic E-state index is 0.0507. The van der Waals surface area contributed by atoms with Gasteiger partial charge in [-0.25, -0.2) is 4.98 Å². The van der Waals surface area contributed by atoms with Crippen LogP contribution < -0.4 is 16.2 Å². The number of carbonyl (C=O) groups is 2. The second-order valence-electron chi connectivity index (χ2n) is 7.05. The number of aromatic nitrogens is 4. The highest BCUT2D eigenvalue weighted by molar-refractivity contribution is 6.39. The van der Waals surface area contributed by atoms with Crippen molar-refractivity contribution >= 4 is 17.6 Å². The van der Waals surface area contributed by atoms with Crippen molar-refractivity contribution < 1.29 is 14.3 Å². The average molecular weight is 386 g/mol. The highest BCUT2D eigenvalue weighted by atomic mass is 16.5. The van der Waals surface area contributed by atoms with Gasteiger partial charge in [0.2, 0.25) is 5.95 Å². The van der Waals surface area contributed by atoms with Crippen molar-refractivity contribution in [3.05, 3.63) is 33.4 Å². The quantitative estimate of drug-likeness (QED) is 0.633. The maximum Gasteiger partial charge on any atom is 0.314 e. The lowest BCUT2D eigenvalue weighted by molar-refractivity contribution is -0.136. The number of nitrogens with one attached hydrogen (secondary N) is 3. The fourth-order valence-electron chi connectivity index (χ4n) is 3.54. The molecule has 1 saturated heterocycles. The van der Waals surface area contributed by atoms with Crippen LogP contribution in [0.15, 0.2) is 10.9 Å². The van der Waals surface area contributed by atoms with Crippen LogP contribution in [-0.2, 0) is 27.2 Å². The molecule has 3 heterocycles. The summed E-state index contributed by atoms with van der Waals surface area (Å²) in [6, 6.07) is 1.61. The summed E-state index contributed by atoms with van der Waals surface area (Å²) >= 11 is 0. The molecule has 0 radical (unpaired) electrons. The molecule has 1 aliphatic heterocycles. The number of aryl methyl sites for hydroxylation is 2. The molecule has 0 saturated carbocycles. The third kappa shape index (κ3) is 3.68. The zero-order chi connectivity index (χ0) is 19.7. The molecule has 2 aliphatic rings. The van der Waals surface area contributed by atoms with Gasteiger partial charge in [-0.05, 0) is 39.0 Å². The van der Waals surface area contributed by atoms with E-state index in [-0.39, 0.29) is 23.4 Å². The first kappa shape index (κ1) is 18.4. The van der Waals surface area contributed by atoms with Gasteiger partial charge >= 0.3 is 11.8 Å². The maximum atomic E-state index is 12.3. The van der Waals surface area contributed by atoms with Crippen LogP contribution >= 0.6 is 0 Å². The van der Waals surface area contributed by atoms with Crippen LogP contribution in [0.25, 0.3) is 5.95 Å². The highest BCUT2D eigenvalue weighted by Crippen LogP contribution is 2.19. The molecule has 1 atom stereocenters. The van der Waals surface area contributed by atoms with E-state index in [0.717, 1.165) is 31.4 Å². The molecule has 1 fully saturated rings. The molecule has 28 heavy (non-hydrogen) atoms. The van der Waals surface area contributed by atoms with Crippen LogP contribution in [-0.4, -0.2) is 50.8 Å². The fourth-order valence-corrected chi connectivity index (χ4v) is 3.54. The number of carbonyl (C=O) groups excluding carboxylic acids is 2. The SMILES string of the molecule is Cc1cc(NC(=O)C(=O)NC[C@@H]2CCCO2)n(-c2nc3c(c(=O)[nH]2)CCC3)n1. The number of H-pyrrole nitrogens is 1. The molecule has 10 nitrogen and oxygen atoms in total. The van der Waals surface area contributed by atoms with Gasteiger partial charge in [0.1, 0.15) is 5.82 Å². The van der Waals surface area contributed by atoms with Crippen molar-refractivity contribution in [2.45, 2.75) is 45.1 Å². The lowest BCUT2D eigenvalue weighted by Gasteiger charge is -2.11. The number of amides is 2. The van der Waals surface area contributed by atoms with E-state index in [4.69, 9.17) is 4.74 Å². The number of hydrogen-bond donors (Lipinski definition) is 3. The first-order chi connectivity index (χ1) is 13.5. The Bertz CT molecular complexity index is 973. The molecule has 2 amide bonds. The Kier molecular flexibility index (Phi) is 4.95. The van der Waals surface area contributed by atoms with E-state index in [0.29, 0.717) is 30.8 Å². The number of hydrogen-bond acceptors (Lipinski definition) is 6. The average Bonchev–Trinajstić information content (AvgIpc) is 3.40. The van der Waals surface area contributed by atoms with Crippen LogP contribution in [0, 0.1) is 6.92 Å². The summed E-state index contributed by atoms with van der Waals surface area (Å²) < 4.78 is 6.76. The number of aromatic amines is 1. The number of fused-ring (bicyclic) bond motifs is 1. The monoisotopic (exact) mass is 386 g/mol. The van der Waals surface area contributed by atoms with E-state index in [2.05, 4.69) is 25.7 Å². The predicted molar refractivity (Wildman–Crippen MR) is 99.4 cm³/mol. The first-order valence-corrected chi connectivity index (χ1v) is 9.41. The van der Waals surface area contributed by atoms with Crippen molar-refractivity contribution in [1.29, 1.82) is 0 Å². The number of anilines is 1. The molecule has 0 unspecified atom stereocenters. The Labute approximate surface area is 160 Å². The van der Waals surface area contributed by atoms with Gasteiger partial charge in [-0.3, -0.25) is 19.4 Å². The second kappa shape index (κ2) is 7.55. The van der Waals surface area contributed by atoms with Gasteiger partial charge in [0.25, 0.3) is 5.56 Å². The van der Waals surface area contributed by atoms with E-state index in [1.54, 1.807) is 13.0 Å². The molecule has 148 valence electrons. The lowest BCUT2D eigenvalue weighted by Crippen LogP contribution is -2.39. The Hall–Kier alpha value is -3.01. The highest BCUT2D eigenvalue weighted by Gasteiger charge is 2.23. The Morgan fingerprint density at radius 3 is 2.96 bits per heavy atom. The fraction of sp³-hybridized carbons (Fsp3) is 0.500. The zero-order valence-corrected chi connectivity index (χ0v) is 15.6. The summed E-state index contributed by atoms with van der Waals surface area (Å²) in [5.74, 6) is -1.09.